The highest BCUT2D eigenvalue weighted by atomic mass is 32.2. The maximum absolute atomic E-state index is 13.1. The van der Waals surface area contributed by atoms with Gasteiger partial charge in [0.2, 0.25) is 10.0 Å². The molecule has 0 bridgehead atoms. The molecular weight excluding hydrogens is 472 g/mol. The Hall–Kier alpha value is -2.88. The molecule has 0 unspecified atom stereocenters. The molecule has 4 rings (SSSR count). The lowest BCUT2D eigenvalue weighted by atomic mass is 10.1. The molecule has 1 aliphatic heterocycles. The number of hydrogen-bond acceptors (Lipinski definition) is 6. The third-order valence-corrected chi connectivity index (χ3v) is 8.56. The summed E-state index contributed by atoms with van der Waals surface area (Å²) in [6.45, 7) is 2.54. The number of sulfonamides is 1. The molecule has 0 saturated carbocycles. The summed E-state index contributed by atoms with van der Waals surface area (Å²) < 4.78 is 32.7. The lowest BCUT2D eigenvalue weighted by molar-refractivity contribution is -0.150. The van der Waals surface area contributed by atoms with Crippen molar-refractivity contribution in [3.05, 3.63) is 72.3 Å². The summed E-state index contributed by atoms with van der Waals surface area (Å²) in [5.41, 5.74) is 1.14. The molecule has 0 atom stereocenters. The van der Waals surface area contributed by atoms with E-state index in [2.05, 4.69) is 0 Å². The molecule has 0 N–H and O–H groups in total. The number of esters is 1. The molecule has 34 heavy (non-hydrogen) atoms. The second kappa shape index (κ2) is 10.6. The third-order valence-electron chi connectivity index (χ3n) is 5.68. The number of fused-ring (bicyclic) bond motifs is 1. The minimum Gasteiger partial charge on any atom is -0.455 e. The number of amides is 1. The van der Waals surface area contributed by atoms with Gasteiger partial charge in [0.25, 0.3) is 5.91 Å². The molecule has 1 amide bonds. The number of carbonyl (C=O) groups is 2. The van der Waals surface area contributed by atoms with Crippen LogP contribution in [-0.2, 0) is 24.3 Å². The zero-order chi connectivity index (χ0) is 24.1. The minimum atomic E-state index is -3.66. The van der Waals surface area contributed by atoms with E-state index in [1.807, 2.05) is 55.5 Å². The number of nitrogens with zero attached hydrogens (tertiary/aromatic N) is 2. The van der Waals surface area contributed by atoms with Crippen molar-refractivity contribution in [2.75, 3.05) is 38.5 Å². The second-order valence-corrected chi connectivity index (χ2v) is 11.0. The van der Waals surface area contributed by atoms with Crippen molar-refractivity contribution in [2.24, 2.45) is 0 Å². The van der Waals surface area contributed by atoms with Crippen LogP contribution in [0.4, 0.5) is 0 Å². The highest BCUT2D eigenvalue weighted by Crippen LogP contribution is 2.23. The van der Waals surface area contributed by atoms with Gasteiger partial charge in [-0.25, -0.2) is 8.42 Å². The van der Waals surface area contributed by atoms with Crippen molar-refractivity contribution >= 4 is 44.4 Å². The topological polar surface area (TPSA) is 84.0 Å². The molecule has 1 heterocycles. The first-order valence-corrected chi connectivity index (χ1v) is 13.4. The van der Waals surface area contributed by atoms with E-state index < -0.39 is 16.0 Å². The van der Waals surface area contributed by atoms with Crippen molar-refractivity contribution in [1.82, 2.24) is 9.21 Å². The van der Waals surface area contributed by atoms with Crippen LogP contribution in [0.2, 0.25) is 0 Å². The fourth-order valence-corrected chi connectivity index (χ4v) is 5.86. The van der Waals surface area contributed by atoms with E-state index in [1.165, 1.54) is 21.0 Å². The van der Waals surface area contributed by atoms with Crippen LogP contribution in [-0.4, -0.2) is 68.0 Å². The predicted octanol–water partition coefficient (Wildman–Crippen LogP) is 3.32. The summed E-state index contributed by atoms with van der Waals surface area (Å²) in [5.74, 6) is -0.665. The van der Waals surface area contributed by atoms with Crippen molar-refractivity contribution in [3.63, 3.8) is 0 Å². The van der Waals surface area contributed by atoms with Gasteiger partial charge in [-0.05, 0) is 42.0 Å². The Kier molecular flexibility index (Phi) is 7.55. The highest BCUT2D eigenvalue weighted by Gasteiger charge is 2.30. The summed E-state index contributed by atoms with van der Waals surface area (Å²) >= 11 is 1.35. The van der Waals surface area contributed by atoms with Crippen LogP contribution in [0.3, 0.4) is 0 Å². The van der Waals surface area contributed by atoms with Crippen molar-refractivity contribution in [2.45, 2.75) is 16.7 Å². The first kappa shape index (κ1) is 24.3. The summed E-state index contributed by atoms with van der Waals surface area (Å²) in [7, 11) is -3.66. The Morgan fingerprint density at radius 3 is 2.29 bits per heavy atom. The monoisotopic (exact) mass is 498 g/mol. The molecule has 7 nitrogen and oxygen atoms in total. The van der Waals surface area contributed by atoms with Gasteiger partial charge in [-0.3, -0.25) is 9.59 Å². The normalized spacial score (nSPS) is 14.8. The quantitative estimate of drug-likeness (QED) is 0.367. The molecule has 178 valence electrons. The molecule has 1 saturated heterocycles. The number of thioether (sulfide) groups is 1. The molecule has 0 spiro atoms. The molecular formula is C25H26N2O5S2. The van der Waals surface area contributed by atoms with Crippen LogP contribution >= 0.6 is 11.8 Å². The van der Waals surface area contributed by atoms with Crippen LogP contribution in [0.1, 0.15) is 5.56 Å². The zero-order valence-electron chi connectivity index (χ0n) is 18.8. The number of benzene rings is 3. The van der Waals surface area contributed by atoms with E-state index in [-0.39, 0.29) is 49.3 Å². The molecule has 0 aromatic heterocycles. The van der Waals surface area contributed by atoms with E-state index in [0.717, 1.165) is 21.2 Å². The van der Waals surface area contributed by atoms with Crippen molar-refractivity contribution in [3.8, 4) is 0 Å². The van der Waals surface area contributed by atoms with E-state index in [0.29, 0.717) is 0 Å². The maximum Gasteiger partial charge on any atom is 0.316 e. The van der Waals surface area contributed by atoms with Crippen LogP contribution in [0, 0.1) is 6.92 Å². The van der Waals surface area contributed by atoms with Crippen LogP contribution in [0.25, 0.3) is 10.8 Å². The number of ether oxygens (including phenoxy) is 1. The van der Waals surface area contributed by atoms with E-state index in [9.17, 15) is 18.0 Å². The predicted molar refractivity (Wildman–Crippen MR) is 132 cm³/mol. The van der Waals surface area contributed by atoms with E-state index >= 15 is 0 Å². The average molecular weight is 499 g/mol. The van der Waals surface area contributed by atoms with Crippen LogP contribution in [0.15, 0.2) is 76.5 Å². The Balaban J connectivity index is 1.25. The Morgan fingerprint density at radius 1 is 0.912 bits per heavy atom. The molecule has 9 heteroatoms. The average Bonchev–Trinajstić information content (AvgIpc) is 2.86. The van der Waals surface area contributed by atoms with Crippen LogP contribution < -0.4 is 0 Å². The summed E-state index contributed by atoms with van der Waals surface area (Å²) in [6.07, 6.45) is 0. The van der Waals surface area contributed by atoms with Gasteiger partial charge in [0, 0.05) is 31.1 Å². The number of piperazine rings is 1. The molecule has 3 aromatic carbocycles. The number of carbonyl (C=O) groups excluding carboxylic acids is 2. The van der Waals surface area contributed by atoms with Crippen LogP contribution in [0.5, 0.6) is 0 Å². The fourth-order valence-electron chi connectivity index (χ4n) is 3.71. The molecule has 1 aliphatic rings. The first-order valence-electron chi connectivity index (χ1n) is 10.9. The van der Waals surface area contributed by atoms with Gasteiger partial charge in [-0.1, -0.05) is 48.0 Å². The smallest absolute Gasteiger partial charge is 0.316 e. The molecule has 0 aliphatic carbocycles. The summed E-state index contributed by atoms with van der Waals surface area (Å²) in [6, 6.07) is 20.5. The van der Waals surface area contributed by atoms with Gasteiger partial charge in [-0.2, -0.15) is 4.31 Å². The standard InChI is InChI=1S/C25H26N2O5S2/c1-19-6-9-22(10-7-19)33-18-25(29)32-17-24(28)26-12-14-27(15-13-26)34(30,31)23-11-8-20-4-2-3-5-21(20)16-23/h2-11,16H,12-15,17-18H2,1H3. The summed E-state index contributed by atoms with van der Waals surface area (Å²) in [4.78, 5) is 27.2. The van der Waals surface area contributed by atoms with E-state index in [1.54, 1.807) is 18.2 Å². The zero-order valence-corrected chi connectivity index (χ0v) is 20.5. The molecule has 3 aromatic rings. The van der Waals surface area contributed by atoms with Gasteiger partial charge >= 0.3 is 5.97 Å². The van der Waals surface area contributed by atoms with Crippen molar-refractivity contribution in [1.29, 1.82) is 0 Å². The Morgan fingerprint density at radius 2 is 1.59 bits per heavy atom. The number of aryl methyl sites for hydroxylation is 1. The van der Waals surface area contributed by atoms with Gasteiger partial charge in [0.1, 0.15) is 0 Å². The van der Waals surface area contributed by atoms with Gasteiger partial charge in [0.15, 0.2) is 6.61 Å². The first-order chi connectivity index (χ1) is 16.3. The number of rotatable bonds is 7. The lowest BCUT2D eigenvalue weighted by Crippen LogP contribution is -2.51. The third kappa shape index (κ3) is 5.78. The summed E-state index contributed by atoms with van der Waals surface area (Å²) in [5, 5.41) is 1.84. The lowest BCUT2D eigenvalue weighted by Gasteiger charge is -2.33. The molecule has 0 radical (unpaired) electrons. The maximum atomic E-state index is 13.1. The number of hydrogen-bond donors (Lipinski definition) is 0. The van der Waals surface area contributed by atoms with Crippen molar-refractivity contribution < 1.29 is 22.7 Å². The molecule has 1 fully saturated rings. The van der Waals surface area contributed by atoms with E-state index in [4.69, 9.17) is 4.74 Å². The minimum absolute atomic E-state index is 0.119. The SMILES string of the molecule is Cc1ccc(SCC(=O)OCC(=O)N2CCN(S(=O)(=O)c3ccc4ccccc4c3)CC2)cc1. The second-order valence-electron chi connectivity index (χ2n) is 8.06. The Bertz CT molecular complexity index is 1280. The van der Waals surface area contributed by atoms with Gasteiger partial charge < -0.3 is 9.64 Å². The fraction of sp³-hybridized carbons (Fsp3) is 0.280. The van der Waals surface area contributed by atoms with Gasteiger partial charge in [0.05, 0.1) is 10.6 Å². The highest BCUT2D eigenvalue weighted by molar-refractivity contribution is 8.00. The largest absolute Gasteiger partial charge is 0.455 e. The Labute approximate surface area is 203 Å². The van der Waals surface area contributed by atoms with Gasteiger partial charge in [-0.15, -0.1) is 11.8 Å².